The number of carbonyl (C=O) groups excluding carboxylic acids is 3. The number of carboxylic acid groups (broad SMARTS) is 1. The van der Waals surface area contributed by atoms with Crippen LogP contribution in [-0.4, -0.2) is 75.5 Å². The lowest BCUT2D eigenvalue weighted by molar-refractivity contribution is -0.889. The maximum Gasteiger partial charge on any atom is 0.306 e. The van der Waals surface area contributed by atoms with E-state index in [4.69, 9.17) is 14.2 Å². The van der Waals surface area contributed by atoms with Gasteiger partial charge in [0, 0.05) is 19.3 Å². The number of hydrogen-bond donors (Lipinski definition) is 0. The molecule has 0 saturated carbocycles. The van der Waals surface area contributed by atoms with Crippen molar-refractivity contribution in [2.75, 3.05) is 41.0 Å². The minimum atomic E-state index is -1.14. The molecule has 0 fully saturated rings. The summed E-state index contributed by atoms with van der Waals surface area (Å²) in [7, 11) is 5.38. The third kappa shape index (κ3) is 36.4. The standard InChI is InChI=1S/C48H81NO7/c1-6-8-10-12-14-16-18-19-20-21-22-23-24-25-26-27-29-30-32-34-36-38-46(50)55-43-44(42-54-41-40-45(48(52)53)49(3,4)5)56-47(51)39-37-35-33-31-28-17-15-13-11-9-7-2/h13-17,19-20,22-23,25-26,28,44-45H,6-12,18,21,24,27,29-43H2,1-5H3/b15-13+,16-14+,20-19+,23-22+,26-25+,28-17+. The van der Waals surface area contributed by atoms with Gasteiger partial charge in [-0.3, -0.25) is 9.59 Å². The van der Waals surface area contributed by atoms with Gasteiger partial charge < -0.3 is 28.6 Å². The lowest BCUT2D eigenvalue weighted by atomic mass is 10.1. The van der Waals surface area contributed by atoms with Gasteiger partial charge in [0.05, 0.1) is 40.3 Å². The number of carboxylic acids is 1. The molecule has 0 amide bonds. The van der Waals surface area contributed by atoms with Crippen LogP contribution in [0.5, 0.6) is 0 Å². The van der Waals surface area contributed by atoms with Gasteiger partial charge in [-0.05, 0) is 77.0 Å². The van der Waals surface area contributed by atoms with E-state index in [0.29, 0.717) is 12.8 Å². The minimum Gasteiger partial charge on any atom is -0.544 e. The summed E-state index contributed by atoms with van der Waals surface area (Å²) in [4.78, 5) is 36.8. The summed E-state index contributed by atoms with van der Waals surface area (Å²) in [6.45, 7) is 4.51. The van der Waals surface area contributed by atoms with Crippen molar-refractivity contribution in [1.29, 1.82) is 0 Å². The van der Waals surface area contributed by atoms with Crippen molar-refractivity contribution in [2.24, 2.45) is 0 Å². The van der Waals surface area contributed by atoms with Gasteiger partial charge >= 0.3 is 11.9 Å². The lowest BCUT2D eigenvalue weighted by Crippen LogP contribution is -2.55. The molecular formula is C48H81NO7. The average molecular weight is 784 g/mol. The summed E-state index contributed by atoms with van der Waals surface area (Å²) in [5.41, 5.74) is 0. The molecule has 0 aliphatic carbocycles. The van der Waals surface area contributed by atoms with Gasteiger partial charge in [0.15, 0.2) is 6.10 Å². The number of unbranched alkanes of at least 4 members (excludes halogenated alkanes) is 13. The molecule has 0 aliphatic heterocycles. The number of likely N-dealkylation sites (N-methyl/N-ethyl adjacent to an activating group) is 1. The summed E-state index contributed by atoms with van der Waals surface area (Å²) in [5, 5.41) is 11.6. The Labute approximate surface area is 342 Å². The fourth-order valence-corrected chi connectivity index (χ4v) is 5.85. The maximum absolute atomic E-state index is 12.7. The molecule has 0 rings (SSSR count). The highest BCUT2D eigenvalue weighted by atomic mass is 16.6. The Morgan fingerprint density at radius 3 is 1.57 bits per heavy atom. The zero-order chi connectivity index (χ0) is 41.4. The monoisotopic (exact) mass is 784 g/mol. The van der Waals surface area contributed by atoms with Crippen molar-refractivity contribution in [1.82, 2.24) is 0 Å². The summed E-state index contributed by atoms with van der Waals surface area (Å²) < 4.78 is 17.1. The number of quaternary nitrogens is 1. The van der Waals surface area contributed by atoms with Gasteiger partial charge in [-0.1, -0.05) is 138 Å². The second-order valence-electron chi connectivity index (χ2n) is 15.6. The number of hydrogen-bond acceptors (Lipinski definition) is 7. The molecule has 0 saturated heterocycles. The van der Waals surface area contributed by atoms with Crippen LogP contribution in [0, 0.1) is 0 Å². The van der Waals surface area contributed by atoms with E-state index in [0.717, 1.165) is 83.5 Å². The number of aliphatic carboxylic acids is 1. The fourth-order valence-electron chi connectivity index (χ4n) is 5.85. The van der Waals surface area contributed by atoms with Gasteiger partial charge in [0.1, 0.15) is 12.6 Å². The molecule has 0 aliphatic rings. The number of nitrogens with zero attached hydrogens (tertiary/aromatic N) is 1. The van der Waals surface area contributed by atoms with Crippen molar-refractivity contribution in [3.63, 3.8) is 0 Å². The first-order valence-corrected chi connectivity index (χ1v) is 22.0. The number of carbonyl (C=O) groups is 3. The average Bonchev–Trinajstić information content (AvgIpc) is 3.15. The topological polar surface area (TPSA) is 102 Å². The molecule has 0 aromatic heterocycles. The summed E-state index contributed by atoms with van der Waals surface area (Å²) in [6, 6.07) is -0.736. The van der Waals surface area contributed by atoms with Crippen molar-refractivity contribution >= 4 is 17.9 Å². The van der Waals surface area contributed by atoms with Crippen molar-refractivity contribution in [3.8, 4) is 0 Å². The van der Waals surface area contributed by atoms with Gasteiger partial charge in [0.2, 0.25) is 0 Å². The molecule has 0 spiro atoms. The van der Waals surface area contributed by atoms with E-state index in [1.54, 1.807) is 21.1 Å². The van der Waals surface area contributed by atoms with E-state index in [-0.39, 0.29) is 49.1 Å². The Balaban J connectivity index is 4.37. The highest BCUT2D eigenvalue weighted by molar-refractivity contribution is 5.70. The third-order valence-electron chi connectivity index (χ3n) is 9.34. The molecule has 8 nitrogen and oxygen atoms in total. The van der Waals surface area contributed by atoms with Gasteiger partial charge in [0.25, 0.3) is 0 Å². The molecule has 2 atom stereocenters. The highest BCUT2D eigenvalue weighted by Crippen LogP contribution is 2.12. The second-order valence-corrected chi connectivity index (χ2v) is 15.6. The van der Waals surface area contributed by atoms with Crippen LogP contribution in [0.1, 0.15) is 162 Å². The number of esters is 2. The number of allylic oxidation sites excluding steroid dienone is 12. The van der Waals surface area contributed by atoms with Crippen LogP contribution in [0.25, 0.3) is 0 Å². The molecule has 0 N–H and O–H groups in total. The molecule has 2 unspecified atom stereocenters. The first-order valence-electron chi connectivity index (χ1n) is 22.0. The van der Waals surface area contributed by atoms with E-state index in [1.165, 1.54) is 38.5 Å². The molecule has 0 heterocycles. The quantitative estimate of drug-likeness (QED) is 0.0202. The minimum absolute atomic E-state index is 0.0198. The maximum atomic E-state index is 12.7. The van der Waals surface area contributed by atoms with Gasteiger partial charge in [-0.25, -0.2) is 0 Å². The van der Waals surface area contributed by atoms with Crippen LogP contribution in [0.3, 0.4) is 0 Å². The van der Waals surface area contributed by atoms with Crippen molar-refractivity contribution in [2.45, 2.75) is 174 Å². The Morgan fingerprint density at radius 1 is 0.554 bits per heavy atom. The molecule has 0 aromatic rings. The molecule has 320 valence electrons. The van der Waals surface area contributed by atoms with Crippen LogP contribution in [0.2, 0.25) is 0 Å². The van der Waals surface area contributed by atoms with Gasteiger partial charge in [-0.2, -0.15) is 0 Å². The van der Waals surface area contributed by atoms with Crippen LogP contribution in [0.15, 0.2) is 72.9 Å². The predicted octanol–water partition coefficient (Wildman–Crippen LogP) is 10.6. The SMILES string of the molecule is CCCC/C=C/C=C/CCCCCC(=O)OC(COCCC(C(=O)[O-])[N+](C)(C)C)COC(=O)CCCCCCC/C=C/C/C=C/C/C=C/C/C=C/CCCCC. The summed E-state index contributed by atoms with van der Waals surface area (Å²) >= 11 is 0. The van der Waals surface area contributed by atoms with Crippen LogP contribution in [0.4, 0.5) is 0 Å². The largest absolute Gasteiger partial charge is 0.544 e. The zero-order valence-electron chi connectivity index (χ0n) is 36.3. The van der Waals surface area contributed by atoms with Crippen molar-refractivity contribution in [3.05, 3.63) is 72.9 Å². The third-order valence-corrected chi connectivity index (χ3v) is 9.34. The zero-order valence-corrected chi connectivity index (χ0v) is 36.3. The molecule has 56 heavy (non-hydrogen) atoms. The van der Waals surface area contributed by atoms with E-state index in [2.05, 4.69) is 86.8 Å². The summed E-state index contributed by atoms with van der Waals surface area (Å²) in [5.74, 6) is -1.81. The molecule has 0 radical (unpaired) electrons. The fraction of sp³-hybridized carbons (Fsp3) is 0.688. The summed E-state index contributed by atoms with van der Waals surface area (Å²) in [6.07, 6.45) is 47.9. The Hall–Kier alpha value is -3.23. The van der Waals surface area contributed by atoms with Crippen molar-refractivity contribution < 1.29 is 38.2 Å². The number of rotatable bonds is 38. The Bertz CT molecular complexity index is 1140. The van der Waals surface area contributed by atoms with E-state index in [1.807, 2.05) is 0 Å². The van der Waals surface area contributed by atoms with Crippen LogP contribution in [-0.2, 0) is 28.6 Å². The molecule has 8 heteroatoms. The lowest BCUT2D eigenvalue weighted by Gasteiger charge is -2.34. The van der Waals surface area contributed by atoms with Gasteiger partial charge in [-0.15, -0.1) is 0 Å². The highest BCUT2D eigenvalue weighted by Gasteiger charge is 2.25. The normalized spacial score (nSPS) is 13.7. The molecular weight excluding hydrogens is 703 g/mol. The van der Waals surface area contributed by atoms with E-state index < -0.39 is 18.1 Å². The predicted molar refractivity (Wildman–Crippen MR) is 231 cm³/mol. The van der Waals surface area contributed by atoms with E-state index >= 15 is 0 Å². The second kappa shape index (κ2) is 38.6. The van der Waals surface area contributed by atoms with Crippen LogP contribution < -0.4 is 5.11 Å². The smallest absolute Gasteiger partial charge is 0.306 e. The molecule has 0 bridgehead atoms. The Kier molecular flexibility index (Phi) is 36.4. The number of ether oxygens (including phenoxy) is 3. The van der Waals surface area contributed by atoms with Crippen LogP contribution >= 0.6 is 0 Å². The first-order chi connectivity index (χ1) is 27.1. The first kappa shape index (κ1) is 52.8. The Morgan fingerprint density at radius 2 is 1.02 bits per heavy atom. The van der Waals surface area contributed by atoms with E-state index in [9.17, 15) is 19.5 Å². The molecule has 0 aromatic carbocycles.